The first kappa shape index (κ1) is 14.8. The van der Waals surface area contributed by atoms with Gasteiger partial charge < -0.3 is 10.0 Å². The molecule has 0 unspecified atom stereocenters. The van der Waals surface area contributed by atoms with Gasteiger partial charge in [0.15, 0.2) is 0 Å². The molecule has 2 aromatic heterocycles. The van der Waals surface area contributed by atoms with Crippen molar-refractivity contribution in [3.8, 4) is 0 Å². The predicted octanol–water partition coefficient (Wildman–Crippen LogP) is 0.391. The van der Waals surface area contributed by atoms with E-state index in [0.717, 1.165) is 25.2 Å². The van der Waals surface area contributed by atoms with Gasteiger partial charge in [-0.15, -0.1) is 5.10 Å². The molecule has 1 aromatic carbocycles. The number of fused-ring (bicyclic) bond motifs is 2. The summed E-state index contributed by atoms with van der Waals surface area (Å²) in [5.74, 6) is 0.586. The molecule has 0 amide bonds. The summed E-state index contributed by atoms with van der Waals surface area (Å²) >= 11 is 0. The summed E-state index contributed by atoms with van der Waals surface area (Å²) in [5.41, 5.74) is 1.54. The second-order valence-corrected chi connectivity index (χ2v) is 5.83. The first-order valence-electron chi connectivity index (χ1n) is 8.00. The molecule has 1 aliphatic rings. The largest absolute Gasteiger partial charge is 0.395 e. The van der Waals surface area contributed by atoms with E-state index < -0.39 is 0 Å². The Labute approximate surface area is 138 Å². The summed E-state index contributed by atoms with van der Waals surface area (Å²) in [7, 11) is 0. The van der Waals surface area contributed by atoms with Crippen LogP contribution < -0.4 is 10.5 Å². The number of aliphatic hydroxyl groups is 1. The molecule has 0 atom stereocenters. The molecule has 3 aromatic rings. The Balaban J connectivity index is 1.86. The zero-order chi connectivity index (χ0) is 16.5. The van der Waals surface area contributed by atoms with Gasteiger partial charge >= 0.3 is 0 Å². The normalized spacial score (nSPS) is 14.6. The van der Waals surface area contributed by atoms with Crippen molar-refractivity contribution in [2.24, 2.45) is 0 Å². The highest BCUT2D eigenvalue weighted by atomic mass is 16.3. The summed E-state index contributed by atoms with van der Waals surface area (Å²) < 4.78 is 3.44. The van der Waals surface area contributed by atoms with Gasteiger partial charge in [0.2, 0.25) is 5.95 Å². The van der Waals surface area contributed by atoms with Crippen LogP contribution in [0.3, 0.4) is 0 Å². The van der Waals surface area contributed by atoms with E-state index in [2.05, 4.69) is 15.2 Å². The summed E-state index contributed by atoms with van der Waals surface area (Å²) in [6, 6.07) is 7.30. The van der Waals surface area contributed by atoms with Gasteiger partial charge in [0, 0.05) is 13.1 Å². The summed E-state index contributed by atoms with van der Waals surface area (Å²) in [6.45, 7) is 2.26. The Morgan fingerprint density at radius 3 is 2.96 bits per heavy atom. The first-order valence-corrected chi connectivity index (χ1v) is 8.00. The van der Waals surface area contributed by atoms with Crippen molar-refractivity contribution in [1.82, 2.24) is 24.5 Å². The van der Waals surface area contributed by atoms with E-state index in [4.69, 9.17) is 4.98 Å². The molecule has 124 valence electrons. The van der Waals surface area contributed by atoms with Crippen LogP contribution in [-0.2, 0) is 19.6 Å². The molecular weight excluding hydrogens is 308 g/mol. The van der Waals surface area contributed by atoms with E-state index >= 15 is 0 Å². The van der Waals surface area contributed by atoms with Crippen LogP contribution in [0.4, 0.5) is 5.95 Å². The molecule has 0 saturated carbocycles. The fraction of sp³-hybridized carbons (Fsp3) is 0.375. The lowest BCUT2D eigenvalue weighted by Gasteiger charge is -2.24. The van der Waals surface area contributed by atoms with Gasteiger partial charge in [0.25, 0.3) is 5.56 Å². The van der Waals surface area contributed by atoms with Gasteiger partial charge in [0.05, 0.1) is 42.5 Å². The second kappa shape index (κ2) is 6.04. The average molecular weight is 326 g/mol. The number of anilines is 1. The lowest BCUT2D eigenvalue weighted by atomic mass is 10.2. The molecular formula is C16H18N6O2. The number of aromatic nitrogens is 5. The molecule has 3 heterocycles. The van der Waals surface area contributed by atoms with Crippen LogP contribution in [0.2, 0.25) is 0 Å². The maximum absolute atomic E-state index is 12.8. The van der Waals surface area contributed by atoms with Crippen molar-refractivity contribution in [1.29, 1.82) is 0 Å². The summed E-state index contributed by atoms with van der Waals surface area (Å²) in [4.78, 5) is 19.6. The molecule has 1 N–H and O–H groups in total. The Kier molecular flexibility index (Phi) is 3.73. The van der Waals surface area contributed by atoms with Crippen molar-refractivity contribution >= 4 is 16.9 Å². The third kappa shape index (κ3) is 2.44. The number of nitrogens with zero attached hydrogens (tertiary/aromatic N) is 6. The highest BCUT2D eigenvalue weighted by Crippen LogP contribution is 2.19. The van der Waals surface area contributed by atoms with Crippen LogP contribution >= 0.6 is 0 Å². The minimum atomic E-state index is -0.125. The van der Waals surface area contributed by atoms with Gasteiger partial charge in [0.1, 0.15) is 0 Å². The molecule has 8 nitrogen and oxygen atoms in total. The van der Waals surface area contributed by atoms with Gasteiger partial charge in [-0.25, -0.2) is 9.67 Å². The second-order valence-electron chi connectivity index (χ2n) is 5.83. The first-order chi connectivity index (χ1) is 11.8. The zero-order valence-corrected chi connectivity index (χ0v) is 13.2. The third-order valence-electron chi connectivity index (χ3n) is 4.30. The molecule has 0 bridgehead atoms. The summed E-state index contributed by atoms with van der Waals surface area (Å²) in [5, 5.41) is 18.0. The lowest BCUT2D eigenvalue weighted by Crippen LogP contribution is -2.33. The van der Waals surface area contributed by atoms with E-state index in [1.54, 1.807) is 16.8 Å². The topological polar surface area (TPSA) is 89.1 Å². The number of aliphatic hydroxyl groups excluding tert-OH is 1. The van der Waals surface area contributed by atoms with E-state index in [1.165, 1.54) is 0 Å². The van der Waals surface area contributed by atoms with Crippen molar-refractivity contribution in [3.63, 3.8) is 0 Å². The third-order valence-corrected chi connectivity index (χ3v) is 4.30. The van der Waals surface area contributed by atoms with Gasteiger partial charge in [-0.1, -0.05) is 17.3 Å². The summed E-state index contributed by atoms with van der Waals surface area (Å²) in [6.07, 6.45) is 2.63. The maximum atomic E-state index is 12.8. The van der Waals surface area contributed by atoms with Gasteiger partial charge in [-0.2, -0.15) is 0 Å². The monoisotopic (exact) mass is 326 g/mol. The Morgan fingerprint density at radius 2 is 2.08 bits per heavy atom. The molecule has 4 rings (SSSR count). The predicted molar refractivity (Wildman–Crippen MR) is 88.8 cm³/mol. The van der Waals surface area contributed by atoms with E-state index in [9.17, 15) is 9.90 Å². The SMILES string of the molecule is O=c1c2ccccc2nc(N2CCCn3nncc3C2)n1CCO. The van der Waals surface area contributed by atoms with Crippen molar-refractivity contribution in [2.45, 2.75) is 26.1 Å². The standard InChI is InChI=1S/C16H18N6O2/c23-9-8-21-15(24)13-4-1-2-5-14(13)18-16(21)20-6-3-7-22-12(11-20)10-17-19-22/h1-2,4-5,10,23H,3,6-9,11H2. The lowest BCUT2D eigenvalue weighted by molar-refractivity contribution is 0.274. The average Bonchev–Trinajstić information content (AvgIpc) is 2.94. The van der Waals surface area contributed by atoms with Crippen molar-refractivity contribution < 1.29 is 5.11 Å². The number of aryl methyl sites for hydroxylation is 1. The van der Waals surface area contributed by atoms with E-state index in [-0.39, 0.29) is 18.7 Å². The van der Waals surface area contributed by atoms with Gasteiger partial charge in [-0.05, 0) is 18.6 Å². The molecule has 0 saturated heterocycles. The van der Waals surface area contributed by atoms with Crippen molar-refractivity contribution in [2.75, 3.05) is 18.1 Å². The van der Waals surface area contributed by atoms with Crippen LogP contribution in [0.5, 0.6) is 0 Å². The minimum Gasteiger partial charge on any atom is -0.395 e. The smallest absolute Gasteiger partial charge is 0.262 e. The Hall–Kier alpha value is -2.74. The number of para-hydroxylation sites is 1. The van der Waals surface area contributed by atoms with Crippen LogP contribution in [0.25, 0.3) is 10.9 Å². The molecule has 0 spiro atoms. The van der Waals surface area contributed by atoms with Crippen LogP contribution in [0.1, 0.15) is 12.1 Å². The molecule has 0 radical (unpaired) electrons. The maximum Gasteiger partial charge on any atom is 0.262 e. The molecule has 24 heavy (non-hydrogen) atoms. The van der Waals surface area contributed by atoms with Gasteiger partial charge in [-0.3, -0.25) is 9.36 Å². The van der Waals surface area contributed by atoms with Crippen LogP contribution in [-0.4, -0.2) is 42.8 Å². The van der Waals surface area contributed by atoms with Crippen molar-refractivity contribution in [3.05, 3.63) is 46.5 Å². The number of hydrogen-bond acceptors (Lipinski definition) is 6. The highest BCUT2D eigenvalue weighted by molar-refractivity contribution is 5.78. The fourth-order valence-electron chi connectivity index (χ4n) is 3.15. The molecule has 8 heteroatoms. The molecule has 0 fully saturated rings. The van der Waals surface area contributed by atoms with E-state index in [1.807, 2.05) is 22.9 Å². The van der Waals surface area contributed by atoms with E-state index in [0.29, 0.717) is 23.4 Å². The molecule has 0 aliphatic carbocycles. The Bertz CT molecular complexity index is 932. The fourth-order valence-corrected chi connectivity index (χ4v) is 3.15. The zero-order valence-electron chi connectivity index (χ0n) is 13.2. The van der Waals surface area contributed by atoms with Crippen LogP contribution in [0.15, 0.2) is 35.3 Å². The minimum absolute atomic E-state index is 0.111. The number of hydrogen-bond donors (Lipinski definition) is 1. The number of rotatable bonds is 3. The highest BCUT2D eigenvalue weighted by Gasteiger charge is 2.21. The van der Waals surface area contributed by atoms with Crippen LogP contribution in [0, 0.1) is 0 Å². The molecule has 1 aliphatic heterocycles. The Morgan fingerprint density at radius 1 is 1.21 bits per heavy atom. The number of benzene rings is 1. The quantitative estimate of drug-likeness (QED) is 0.749.